The first-order valence-electron chi connectivity index (χ1n) is 9.94. The molecule has 0 heterocycles. The van der Waals surface area contributed by atoms with Crippen LogP contribution in [0.25, 0.3) is 0 Å². The van der Waals surface area contributed by atoms with E-state index in [0.717, 1.165) is 16.7 Å². The first-order chi connectivity index (χ1) is 16.1. The van der Waals surface area contributed by atoms with Gasteiger partial charge in [-0.3, -0.25) is 0 Å². The van der Waals surface area contributed by atoms with Crippen molar-refractivity contribution in [1.82, 2.24) is 0 Å². The summed E-state index contributed by atoms with van der Waals surface area (Å²) in [5, 5.41) is 13.3. The van der Waals surface area contributed by atoms with Crippen LogP contribution < -0.4 is 0 Å². The van der Waals surface area contributed by atoms with Crippen molar-refractivity contribution >= 4 is 39.4 Å². The number of sulfone groups is 2. The fraction of sp³-hybridized carbons (Fsp3) is 0.217. The van der Waals surface area contributed by atoms with Crippen LogP contribution in [0.3, 0.4) is 0 Å². The van der Waals surface area contributed by atoms with E-state index < -0.39 is 40.6 Å². The summed E-state index contributed by atoms with van der Waals surface area (Å²) in [5.74, 6) is 0. The van der Waals surface area contributed by atoms with E-state index in [-0.39, 0.29) is 14.7 Å². The van der Waals surface area contributed by atoms with Crippen LogP contribution in [0.15, 0.2) is 87.5 Å². The molecule has 0 aliphatic heterocycles. The Morgan fingerprint density at radius 2 is 0.771 bits per heavy atom. The Bertz CT molecular complexity index is 1320. The summed E-state index contributed by atoms with van der Waals surface area (Å²) in [6.07, 6.45) is 0. The number of aliphatic hydroxyl groups excluding tert-OH is 1. The van der Waals surface area contributed by atoms with Crippen LogP contribution in [0.4, 0.5) is 0 Å². The Morgan fingerprint density at radius 1 is 0.543 bits per heavy atom. The van der Waals surface area contributed by atoms with Gasteiger partial charge in [0.15, 0.2) is 24.8 Å². The minimum absolute atomic E-state index is 0.0174. The quantitative estimate of drug-likeness (QED) is 0.356. The monoisotopic (exact) mass is 562 g/mol. The van der Waals surface area contributed by atoms with Crippen LogP contribution in [0, 0.1) is 20.8 Å². The lowest BCUT2D eigenvalue weighted by Gasteiger charge is -2.07. The zero-order valence-electron chi connectivity index (χ0n) is 19.3. The highest BCUT2D eigenvalue weighted by molar-refractivity contribution is 8.13. The molecule has 8 nitrogen and oxygen atoms in total. The topological polar surface area (TPSA) is 143 Å². The minimum atomic E-state index is -3.88. The van der Waals surface area contributed by atoms with E-state index in [9.17, 15) is 25.3 Å². The van der Waals surface area contributed by atoms with Crippen LogP contribution in [0.1, 0.15) is 16.7 Å². The molecule has 0 unspecified atom stereocenters. The predicted octanol–water partition coefficient (Wildman–Crippen LogP) is 3.36. The molecule has 0 radical (unpaired) electrons. The molecular weight excluding hydrogens is 536 g/mol. The molecule has 0 saturated heterocycles. The summed E-state index contributed by atoms with van der Waals surface area (Å²) < 4.78 is 70.3. The van der Waals surface area contributed by atoms with Gasteiger partial charge in [0.2, 0.25) is 0 Å². The lowest BCUT2D eigenvalue weighted by Crippen LogP contribution is -2.17. The fourth-order valence-electron chi connectivity index (χ4n) is 2.53. The van der Waals surface area contributed by atoms with Crippen LogP contribution >= 0.6 is 10.7 Å². The molecule has 3 rings (SSSR count). The van der Waals surface area contributed by atoms with Gasteiger partial charge in [0, 0.05) is 10.7 Å². The third kappa shape index (κ3) is 10.5. The molecule has 3 aromatic rings. The zero-order chi connectivity index (χ0) is 26.9. The first kappa shape index (κ1) is 30.8. The van der Waals surface area contributed by atoms with Crippen molar-refractivity contribution in [2.24, 2.45) is 0 Å². The van der Waals surface area contributed by atoms with E-state index in [1.807, 2.05) is 20.8 Å². The number of benzene rings is 3. The van der Waals surface area contributed by atoms with Crippen molar-refractivity contribution in [2.45, 2.75) is 35.5 Å². The van der Waals surface area contributed by atoms with Gasteiger partial charge in [0.1, 0.15) is 6.79 Å². The minimum Gasteiger partial charge on any atom is -0.371 e. The largest absolute Gasteiger partial charge is 0.371 e. The molecule has 0 bridgehead atoms. The summed E-state index contributed by atoms with van der Waals surface area (Å²) in [6.45, 7) is 4.80. The molecule has 0 atom stereocenters. The molecule has 0 aliphatic rings. The molecule has 0 saturated carbocycles. The zero-order valence-corrected chi connectivity index (χ0v) is 22.5. The van der Waals surface area contributed by atoms with Crippen molar-refractivity contribution in [3.8, 4) is 0 Å². The average Bonchev–Trinajstić information content (AvgIpc) is 2.74. The molecule has 0 amide bonds. The van der Waals surface area contributed by atoms with E-state index in [2.05, 4.69) is 0 Å². The van der Waals surface area contributed by atoms with Crippen LogP contribution in [0.5, 0.6) is 0 Å². The second-order valence-corrected chi connectivity index (χ2v) is 14.3. The van der Waals surface area contributed by atoms with Gasteiger partial charge >= 0.3 is 0 Å². The summed E-state index contributed by atoms with van der Waals surface area (Å²) in [5.41, 5.74) is 2.83. The van der Waals surface area contributed by atoms with Gasteiger partial charge in [-0.25, -0.2) is 25.3 Å². The van der Waals surface area contributed by atoms with Crippen LogP contribution in [0.2, 0.25) is 0 Å². The maximum absolute atomic E-state index is 12.2. The molecule has 0 spiro atoms. The lowest BCUT2D eigenvalue weighted by atomic mass is 10.2. The third-order valence-electron chi connectivity index (χ3n) is 4.37. The van der Waals surface area contributed by atoms with Crippen molar-refractivity contribution in [3.05, 3.63) is 89.5 Å². The van der Waals surface area contributed by atoms with Crippen molar-refractivity contribution in [1.29, 1.82) is 0 Å². The van der Waals surface area contributed by atoms with Gasteiger partial charge in [0.25, 0.3) is 9.05 Å². The summed E-state index contributed by atoms with van der Waals surface area (Å²) in [7, 11) is -6.23. The number of halogens is 1. The fourth-order valence-corrected chi connectivity index (χ4v) is 7.13. The summed E-state index contributed by atoms with van der Waals surface area (Å²) >= 11 is 0. The van der Waals surface area contributed by atoms with Crippen molar-refractivity contribution < 1.29 is 35.5 Å². The smallest absolute Gasteiger partial charge is 0.261 e. The maximum Gasteiger partial charge on any atom is 0.261 e. The molecular formula is C23H27ClO8S3. The van der Waals surface area contributed by atoms with Gasteiger partial charge in [-0.05, 0) is 57.2 Å². The second-order valence-electron chi connectivity index (χ2n) is 7.37. The highest BCUT2D eigenvalue weighted by atomic mass is 35.7. The van der Waals surface area contributed by atoms with E-state index in [0.29, 0.717) is 0 Å². The van der Waals surface area contributed by atoms with E-state index in [1.165, 1.54) is 36.4 Å². The molecule has 0 fully saturated rings. The Hall–Kier alpha value is -2.28. The van der Waals surface area contributed by atoms with E-state index >= 15 is 0 Å². The SMILES string of the molecule is Cc1ccc(S(=O)(=O)CS(=O)(=O)c2ccc(C)cc2)cc1.Cc1ccc(S(=O)(=O)Cl)cc1.OCO. The number of hydrogen-bond acceptors (Lipinski definition) is 8. The lowest BCUT2D eigenvalue weighted by molar-refractivity contribution is 0.0773. The van der Waals surface area contributed by atoms with E-state index in [4.69, 9.17) is 20.9 Å². The first-order valence-corrected chi connectivity index (χ1v) is 15.6. The number of aryl methyl sites for hydroxylation is 3. The highest BCUT2D eigenvalue weighted by Gasteiger charge is 2.25. The normalized spacial score (nSPS) is 11.5. The molecule has 12 heteroatoms. The predicted molar refractivity (Wildman–Crippen MR) is 135 cm³/mol. The maximum atomic E-state index is 12.2. The Morgan fingerprint density at radius 3 is 1.00 bits per heavy atom. The Labute approximate surface area is 211 Å². The summed E-state index contributed by atoms with van der Waals surface area (Å²) in [4.78, 5) is 0.178. The number of hydrogen-bond donors (Lipinski definition) is 2. The summed E-state index contributed by atoms with van der Waals surface area (Å²) in [6, 6.07) is 18.7. The third-order valence-corrected chi connectivity index (χ3v) is 10.2. The van der Waals surface area contributed by atoms with Gasteiger partial charge in [-0.1, -0.05) is 53.1 Å². The molecule has 192 valence electrons. The van der Waals surface area contributed by atoms with E-state index in [1.54, 1.807) is 36.4 Å². The van der Waals surface area contributed by atoms with Gasteiger partial charge < -0.3 is 10.2 Å². The average molecular weight is 563 g/mol. The van der Waals surface area contributed by atoms with Crippen LogP contribution in [-0.2, 0) is 28.7 Å². The highest BCUT2D eigenvalue weighted by Crippen LogP contribution is 2.19. The Kier molecular flexibility index (Phi) is 11.5. The molecule has 3 aromatic carbocycles. The van der Waals surface area contributed by atoms with Gasteiger partial charge in [0.05, 0.1) is 14.7 Å². The number of aliphatic hydroxyl groups is 2. The van der Waals surface area contributed by atoms with Gasteiger partial charge in [-0.2, -0.15) is 0 Å². The standard InChI is InChI=1S/C15H16O4S2.C7H7ClO2S.CH4O2/c1-12-3-7-14(8-4-12)20(16,17)11-21(18,19)15-9-5-13(2)6-10-15;1-6-2-4-7(5-3-6)11(8,9)10;2-1-3/h3-10H,11H2,1-2H3;2-5H,1H3;2-3H,1H2. The van der Waals surface area contributed by atoms with Crippen LogP contribution in [-0.4, -0.2) is 47.3 Å². The van der Waals surface area contributed by atoms with Crippen molar-refractivity contribution in [3.63, 3.8) is 0 Å². The second kappa shape index (κ2) is 13.1. The molecule has 0 aliphatic carbocycles. The molecule has 2 N–H and O–H groups in total. The molecule has 0 aromatic heterocycles. The molecule has 35 heavy (non-hydrogen) atoms. The van der Waals surface area contributed by atoms with Crippen molar-refractivity contribution in [2.75, 3.05) is 11.9 Å². The number of rotatable bonds is 5. The van der Waals surface area contributed by atoms with Gasteiger partial charge in [-0.15, -0.1) is 0 Å². The Balaban J connectivity index is 0.000000366.